The van der Waals surface area contributed by atoms with E-state index in [4.69, 9.17) is 16.3 Å². The lowest BCUT2D eigenvalue weighted by Gasteiger charge is -2.11. The zero-order valence-corrected chi connectivity index (χ0v) is 18.0. The second kappa shape index (κ2) is 9.69. The molecule has 0 aliphatic heterocycles. The molecule has 0 aliphatic carbocycles. The minimum Gasteiger partial charge on any atom is -0.486 e. The Balaban J connectivity index is 1.66. The molecule has 0 bridgehead atoms. The number of carboxylic acids is 1. The van der Waals surface area contributed by atoms with Crippen LogP contribution in [-0.4, -0.2) is 27.0 Å². The van der Waals surface area contributed by atoms with Crippen LogP contribution in [0, 0.1) is 0 Å². The van der Waals surface area contributed by atoms with E-state index in [1.807, 2.05) is 5.38 Å². The van der Waals surface area contributed by atoms with Crippen LogP contribution in [0.5, 0.6) is 5.75 Å². The second-order valence-corrected chi connectivity index (χ2v) is 8.13. The zero-order chi connectivity index (χ0) is 21.7. The summed E-state index contributed by atoms with van der Waals surface area (Å²) in [5, 5.41) is 15.1. The van der Waals surface area contributed by atoms with Gasteiger partial charge in [0, 0.05) is 17.6 Å². The minimum atomic E-state index is -1.14. The number of carbonyl (C=O) groups is 2. The molecule has 1 amide bonds. The molecule has 30 heavy (non-hydrogen) atoms. The number of ether oxygens (including phenoxy) is 1. The number of anilines is 1. The van der Waals surface area contributed by atoms with Gasteiger partial charge in [-0.2, -0.15) is 0 Å². The maximum atomic E-state index is 12.4. The van der Waals surface area contributed by atoms with Crippen LogP contribution in [0.4, 0.5) is 5.69 Å². The van der Waals surface area contributed by atoms with Gasteiger partial charge in [0.05, 0.1) is 34.1 Å². The molecule has 7 nitrogen and oxygen atoms in total. The van der Waals surface area contributed by atoms with E-state index in [2.05, 4.69) is 29.1 Å². The molecule has 0 atom stereocenters. The molecule has 0 spiro atoms. The smallest absolute Gasteiger partial charge is 0.337 e. The Hall–Kier alpha value is -2.97. The number of hydrogen-bond donors (Lipinski definition) is 2. The SMILES string of the molecule is CC(C)c1csc(COc2ccc(Cl)c(NC(=O)Cc3ncccc3C(=O)O)c2)n1. The van der Waals surface area contributed by atoms with Gasteiger partial charge in [-0.25, -0.2) is 9.78 Å². The van der Waals surface area contributed by atoms with Crippen LogP contribution in [0.25, 0.3) is 0 Å². The van der Waals surface area contributed by atoms with Crippen LogP contribution in [0.2, 0.25) is 5.02 Å². The normalized spacial score (nSPS) is 10.8. The molecule has 0 unspecified atom stereocenters. The predicted octanol–water partition coefficient (Wildman–Crippen LogP) is 4.77. The third-order valence-electron chi connectivity index (χ3n) is 4.18. The largest absolute Gasteiger partial charge is 0.486 e. The summed E-state index contributed by atoms with van der Waals surface area (Å²) in [5.41, 5.74) is 1.56. The quantitative estimate of drug-likeness (QED) is 0.517. The van der Waals surface area contributed by atoms with Crippen molar-refractivity contribution in [1.82, 2.24) is 9.97 Å². The maximum Gasteiger partial charge on any atom is 0.337 e. The lowest BCUT2D eigenvalue weighted by molar-refractivity contribution is -0.115. The van der Waals surface area contributed by atoms with Gasteiger partial charge in [0.1, 0.15) is 17.4 Å². The monoisotopic (exact) mass is 445 g/mol. The van der Waals surface area contributed by atoms with Crippen LogP contribution in [0.1, 0.15) is 46.5 Å². The van der Waals surface area contributed by atoms with Crippen molar-refractivity contribution in [1.29, 1.82) is 0 Å². The lowest BCUT2D eigenvalue weighted by atomic mass is 10.1. The first kappa shape index (κ1) is 21.7. The first-order valence-corrected chi connectivity index (χ1v) is 10.4. The molecule has 0 aliphatic rings. The molecule has 0 fully saturated rings. The molecule has 156 valence electrons. The lowest BCUT2D eigenvalue weighted by Crippen LogP contribution is -2.17. The average molecular weight is 446 g/mol. The highest BCUT2D eigenvalue weighted by Crippen LogP contribution is 2.28. The van der Waals surface area contributed by atoms with Gasteiger partial charge in [0.25, 0.3) is 0 Å². The highest BCUT2D eigenvalue weighted by molar-refractivity contribution is 7.09. The summed E-state index contributed by atoms with van der Waals surface area (Å²) in [7, 11) is 0. The molecule has 0 radical (unpaired) electrons. The van der Waals surface area contributed by atoms with Gasteiger partial charge in [-0.1, -0.05) is 25.4 Å². The Bertz CT molecular complexity index is 1070. The first-order valence-electron chi connectivity index (χ1n) is 9.17. The van der Waals surface area contributed by atoms with E-state index in [1.54, 1.807) is 18.2 Å². The zero-order valence-electron chi connectivity index (χ0n) is 16.4. The number of halogens is 1. The van der Waals surface area contributed by atoms with Gasteiger partial charge in [0.2, 0.25) is 5.91 Å². The Morgan fingerprint density at radius 1 is 1.30 bits per heavy atom. The highest BCUT2D eigenvalue weighted by Gasteiger charge is 2.15. The number of rotatable bonds is 8. The topological polar surface area (TPSA) is 101 Å². The summed E-state index contributed by atoms with van der Waals surface area (Å²) in [5.74, 6) is -0.688. The molecular formula is C21H20ClN3O4S. The van der Waals surface area contributed by atoms with Gasteiger partial charge >= 0.3 is 5.97 Å². The number of nitrogens with one attached hydrogen (secondary N) is 1. The van der Waals surface area contributed by atoms with Gasteiger partial charge < -0.3 is 15.2 Å². The summed E-state index contributed by atoms with van der Waals surface area (Å²) < 4.78 is 5.78. The van der Waals surface area contributed by atoms with Crippen molar-refractivity contribution >= 4 is 40.5 Å². The van der Waals surface area contributed by atoms with E-state index < -0.39 is 11.9 Å². The van der Waals surface area contributed by atoms with Gasteiger partial charge in [-0.15, -0.1) is 11.3 Å². The summed E-state index contributed by atoms with van der Waals surface area (Å²) in [6.45, 7) is 4.47. The van der Waals surface area contributed by atoms with Crippen LogP contribution in [0.3, 0.4) is 0 Å². The Kier molecular flexibility index (Phi) is 7.02. The molecule has 9 heteroatoms. The molecular weight excluding hydrogens is 426 g/mol. The van der Waals surface area contributed by atoms with E-state index >= 15 is 0 Å². The van der Waals surface area contributed by atoms with Crippen molar-refractivity contribution < 1.29 is 19.4 Å². The van der Waals surface area contributed by atoms with Crippen molar-refractivity contribution in [2.45, 2.75) is 32.8 Å². The molecule has 3 rings (SSSR count). The van der Waals surface area contributed by atoms with Crippen molar-refractivity contribution in [3.63, 3.8) is 0 Å². The summed E-state index contributed by atoms with van der Waals surface area (Å²) >= 11 is 7.72. The number of amides is 1. The Labute approximate surface area is 182 Å². The van der Waals surface area contributed by atoms with Gasteiger partial charge in [0.15, 0.2) is 0 Å². The number of pyridine rings is 1. The van der Waals surface area contributed by atoms with Crippen molar-refractivity contribution in [2.24, 2.45) is 0 Å². The maximum absolute atomic E-state index is 12.4. The van der Waals surface area contributed by atoms with Crippen LogP contribution in [-0.2, 0) is 17.8 Å². The van der Waals surface area contributed by atoms with Crippen molar-refractivity contribution in [2.75, 3.05) is 5.32 Å². The van der Waals surface area contributed by atoms with E-state index in [1.165, 1.54) is 29.7 Å². The molecule has 2 heterocycles. The molecule has 0 saturated heterocycles. The third-order valence-corrected chi connectivity index (χ3v) is 5.35. The van der Waals surface area contributed by atoms with E-state index in [0.29, 0.717) is 29.0 Å². The predicted molar refractivity (Wildman–Crippen MR) is 116 cm³/mol. The molecule has 3 aromatic rings. The second-order valence-electron chi connectivity index (χ2n) is 6.78. The summed E-state index contributed by atoms with van der Waals surface area (Å²) in [4.78, 5) is 32.2. The van der Waals surface area contributed by atoms with E-state index in [9.17, 15) is 14.7 Å². The van der Waals surface area contributed by atoms with E-state index in [-0.39, 0.29) is 17.7 Å². The average Bonchev–Trinajstić information content (AvgIpc) is 3.18. The van der Waals surface area contributed by atoms with Gasteiger partial charge in [-0.05, 0) is 30.2 Å². The van der Waals surface area contributed by atoms with Crippen LogP contribution >= 0.6 is 22.9 Å². The van der Waals surface area contributed by atoms with E-state index in [0.717, 1.165) is 10.7 Å². The minimum absolute atomic E-state index is 0.0138. The third kappa shape index (κ3) is 5.55. The number of nitrogens with zero attached hydrogens (tertiary/aromatic N) is 2. The molecule has 2 N–H and O–H groups in total. The fourth-order valence-electron chi connectivity index (χ4n) is 2.61. The first-order chi connectivity index (χ1) is 14.3. The summed E-state index contributed by atoms with van der Waals surface area (Å²) in [6.07, 6.45) is 1.25. The van der Waals surface area contributed by atoms with Crippen LogP contribution < -0.4 is 10.1 Å². The number of hydrogen-bond acceptors (Lipinski definition) is 6. The standard InChI is InChI=1S/C21H20ClN3O4S/c1-12(2)18-11-30-20(25-18)10-29-13-5-6-15(22)17(8-13)24-19(26)9-16-14(21(27)28)4-3-7-23-16/h3-8,11-12H,9-10H2,1-2H3,(H,24,26)(H,27,28). The highest BCUT2D eigenvalue weighted by atomic mass is 35.5. The number of carboxylic acid groups (broad SMARTS) is 1. The van der Waals surface area contributed by atoms with Crippen molar-refractivity contribution in [3.8, 4) is 5.75 Å². The number of carbonyl (C=O) groups excluding carboxylic acids is 1. The molecule has 2 aromatic heterocycles. The van der Waals surface area contributed by atoms with Crippen LogP contribution in [0.15, 0.2) is 41.9 Å². The number of thiazole rings is 1. The fourth-order valence-corrected chi connectivity index (χ4v) is 3.64. The molecule has 0 saturated carbocycles. The number of aromatic carboxylic acids is 1. The van der Waals surface area contributed by atoms with Gasteiger partial charge in [-0.3, -0.25) is 9.78 Å². The van der Waals surface area contributed by atoms with Crippen molar-refractivity contribution in [3.05, 3.63) is 68.9 Å². The Morgan fingerprint density at radius 2 is 2.10 bits per heavy atom. The molecule has 1 aromatic carbocycles. The number of aromatic nitrogens is 2. The fraction of sp³-hybridized carbons (Fsp3) is 0.238. The number of benzene rings is 1. The summed E-state index contributed by atoms with van der Waals surface area (Å²) in [6, 6.07) is 7.86. The Morgan fingerprint density at radius 3 is 2.80 bits per heavy atom.